The maximum absolute atomic E-state index is 12.9. The number of fused-ring (bicyclic) bond motifs is 1. The standard InChI is InChI=1S/C21H22N8O/c1-26-19-18(12-24-26)20(23-15-22-19)27-7-9-28(10-8-27)21(30)17-11-25-29(14-17)13-16-5-3-2-4-6-16/h2-6,11-12,14-15H,7-10,13H2,1H3. The molecule has 152 valence electrons. The molecular formula is C21H22N8O. The summed E-state index contributed by atoms with van der Waals surface area (Å²) in [5.74, 6) is 0.888. The van der Waals surface area contributed by atoms with Crippen LogP contribution in [0.1, 0.15) is 15.9 Å². The van der Waals surface area contributed by atoms with E-state index in [0.717, 1.165) is 22.4 Å². The molecule has 3 aromatic heterocycles. The summed E-state index contributed by atoms with van der Waals surface area (Å²) in [7, 11) is 1.87. The molecule has 1 fully saturated rings. The van der Waals surface area contributed by atoms with Crippen LogP contribution in [0.5, 0.6) is 0 Å². The topological polar surface area (TPSA) is 85.0 Å². The normalized spacial score (nSPS) is 14.4. The van der Waals surface area contributed by atoms with Gasteiger partial charge in [-0.3, -0.25) is 14.2 Å². The minimum absolute atomic E-state index is 0.0168. The molecule has 0 spiro atoms. The van der Waals surface area contributed by atoms with E-state index in [1.165, 1.54) is 0 Å². The molecule has 4 heterocycles. The van der Waals surface area contributed by atoms with Crippen molar-refractivity contribution in [2.24, 2.45) is 7.05 Å². The number of benzene rings is 1. The second-order valence-electron chi connectivity index (χ2n) is 7.39. The smallest absolute Gasteiger partial charge is 0.257 e. The van der Waals surface area contributed by atoms with Crippen LogP contribution in [0.4, 0.5) is 5.82 Å². The van der Waals surface area contributed by atoms with Crippen LogP contribution in [0.2, 0.25) is 0 Å². The maximum atomic E-state index is 12.9. The van der Waals surface area contributed by atoms with E-state index in [4.69, 9.17) is 0 Å². The quantitative estimate of drug-likeness (QED) is 0.515. The Hall–Kier alpha value is -3.75. The van der Waals surface area contributed by atoms with E-state index in [-0.39, 0.29) is 5.91 Å². The van der Waals surface area contributed by atoms with Gasteiger partial charge in [-0.15, -0.1) is 0 Å². The summed E-state index contributed by atoms with van der Waals surface area (Å²) in [6.07, 6.45) is 6.84. The molecule has 5 rings (SSSR count). The highest BCUT2D eigenvalue weighted by molar-refractivity contribution is 5.94. The van der Waals surface area contributed by atoms with Gasteiger partial charge in [0.2, 0.25) is 0 Å². The fourth-order valence-electron chi connectivity index (χ4n) is 3.84. The summed E-state index contributed by atoms with van der Waals surface area (Å²) in [4.78, 5) is 25.8. The number of carbonyl (C=O) groups excluding carboxylic acids is 1. The number of aryl methyl sites for hydroxylation is 1. The lowest BCUT2D eigenvalue weighted by molar-refractivity contribution is 0.0746. The minimum Gasteiger partial charge on any atom is -0.352 e. The van der Waals surface area contributed by atoms with Crippen molar-refractivity contribution in [3.63, 3.8) is 0 Å². The zero-order chi connectivity index (χ0) is 20.5. The van der Waals surface area contributed by atoms with Gasteiger partial charge in [0.1, 0.15) is 12.1 Å². The zero-order valence-electron chi connectivity index (χ0n) is 16.7. The third-order valence-corrected chi connectivity index (χ3v) is 5.44. The fourth-order valence-corrected chi connectivity index (χ4v) is 3.84. The summed E-state index contributed by atoms with van der Waals surface area (Å²) in [6.45, 7) is 3.34. The molecule has 9 nitrogen and oxygen atoms in total. The van der Waals surface area contributed by atoms with Crippen molar-refractivity contribution in [2.75, 3.05) is 31.1 Å². The van der Waals surface area contributed by atoms with Crippen LogP contribution in [0.3, 0.4) is 0 Å². The van der Waals surface area contributed by atoms with Crippen molar-refractivity contribution in [1.29, 1.82) is 0 Å². The van der Waals surface area contributed by atoms with Crippen LogP contribution in [-0.2, 0) is 13.6 Å². The highest BCUT2D eigenvalue weighted by Gasteiger charge is 2.25. The average Bonchev–Trinajstić information content (AvgIpc) is 3.41. The summed E-state index contributed by atoms with van der Waals surface area (Å²) < 4.78 is 3.55. The van der Waals surface area contributed by atoms with Crippen molar-refractivity contribution < 1.29 is 4.79 Å². The van der Waals surface area contributed by atoms with Gasteiger partial charge in [0.25, 0.3) is 5.91 Å². The Morgan fingerprint density at radius 3 is 2.60 bits per heavy atom. The number of aromatic nitrogens is 6. The Kier molecular flexibility index (Phi) is 4.62. The average molecular weight is 402 g/mol. The molecule has 0 radical (unpaired) electrons. The summed E-state index contributed by atoms with van der Waals surface area (Å²) in [5, 5.41) is 9.57. The Morgan fingerprint density at radius 2 is 1.80 bits per heavy atom. The number of anilines is 1. The third kappa shape index (κ3) is 3.38. The number of hydrogen-bond acceptors (Lipinski definition) is 6. The van der Waals surface area contributed by atoms with E-state index in [1.807, 2.05) is 36.3 Å². The third-order valence-electron chi connectivity index (χ3n) is 5.44. The van der Waals surface area contributed by atoms with Crippen molar-refractivity contribution in [2.45, 2.75) is 6.54 Å². The van der Waals surface area contributed by atoms with Gasteiger partial charge in [0.15, 0.2) is 5.65 Å². The first-order valence-corrected chi connectivity index (χ1v) is 9.92. The molecule has 0 aliphatic carbocycles. The van der Waals surface area contributed by atoms with Gasteiger partial charge in [-0.1, -0.05) is 30.3 Å². The summed E-state index contributed by atoms with van der Waals surface area (Å²) in [5.41, 5.74) is 2.58. The van der Waals surface area contributed by atoms with Crippen LogP contribution >= 0.6 is 0 Å². The van der Waals surface area contributed by atoms with Gasteiger partial charge in [0.05, 0.1) is 29.9 Å². The van der Waals surface area contributed by atoms with Crippen LogP contribution < -0.4 is 4.90 Å². The van der Waals surface area contributed by atoms with Crippen LogP contribution in [-0.4, -0.2) is 66.5 Å². The van der Waals surface area contributed by atoms with E-state index >= 15 is 0 Å². The molecule has 0 unspecified atom stereocenters. The number of rotatable bonds is 4. The molecule has 1 aliphatic heterocycles. The molecular weight excluding hydrogens is 380 g/mol. The molecule has 0 saturated carbocycles. The lowest BCUT2D eigenvalue weighted by atomic mass is 10.2. The zero-order valence-corrected chi connectivity index (χ0v) is 16.7. The van der Waals surface area contributed by atoms with Gasteiger partial charge in [-0.25, -0.2) is 9.97 Å². The van der Waals surface area contributed by atoms with Crippen LogP contribution in [0.15, 0.2) is 55.2 Å². The summed E-state index contributed by atoms with van der Waals surface area (Å²) >= 11 is 0. The predicted molar refractivity (Wildman–Crippen MR) is 112 cm³/mol. The Morgan fingerprint density at radius 1 is 1.00 bits per heavy atom. The van der Waals surface area contributed by atoms with Gasteiger partial charge in [-0.2, -0.15) is 10.2 Å². The predicted octanol–water partition coefficient (Wildman–Crippen LogP) is 1.57. The Bertz CT molecular complexity index is 1170. The molecule has 4 aromatic rings. The number of nitrogens with zero attached hydrogens (tertiary/aromatic N) is 8. The first-order chi connectivity index (χ1) is 14.7. The minimum atomic E-state index is 0.0168. The monoisotopic (exact) mass is 402 g/mol. The first kappa shape index (κ1) is 18.3. The van der Waals surface area contributed by atoms with E-state index < -0.39 is 0 Å². The summed E-state index contributed by atoms with van der Waals surface area (Å²) in [6, 6.07) is 10.1. The fraction of sp³-hybridized carbons (Fsp3) is 0.286. The van der Waals surface area contributed by atoms with Crippen LogP contribution in [0.25, 0.3) is 11.0 Å². The van der Waals surface area contributed by atoms with E-state index in [1.54, 1.807) is 28.1 Å². The molecule has 1 aliphatic rings. The SMILES string of the molecule is Cn1ncc2c(N3CCN(C(=O)c4cnn(Cc5ccccc5)c4)CC3)ncnc21. The Balaban J connectivity index is 1.25. The highest BCUT2D eigenvalue weighted by atomic mass is 16.2. The molecule has 0 N–H and O–H groups in total. The second-order valence-corrected chi connectivity index (χ2v) is 7.39. The Labute approximate surface area is 173 Å². The lowest BCUT2D eigenvalue weighted by Gasteiger charge is -2.35. The van der Waals surface area contributed by atoms with Crippen molar-refractivity contribution in [3.05, 3.63) is 66.4 Å². The number of piperazine rings is 1. The molecule has 30 heavy (non-hydrogen) atoms. The van der Waals surface area contributed by atoms with Gasteiger partial charge >= 0.3 is 0 Å². The molecule has 1 saturated heterocycles. The van der Waals surface area contributed by atoms with Crippen molar-refractivity contribution in [3.8, 4) is 0 Å². The molecule has 9 heteroatoms. The van der Waals surface area contributed by atoms with Gasteiger partial charge in [0, 0.05) is 39.4 Å². The number of carbonyl (C=O) groups is 1. The van der Waals surface area contributed by atoms with Crippen molar-refractivity contribution in [1.82, 2.24) is 34.4 Å². The number of hydrogen-bond donors (Lipinski definition) is 0. The maximum Gasteiger partial charge on any atom is 0.257 e. The van der Waals surface area contributed by atoms with Gasteiger partial charge < -0.3 is 9.80 Å². The molecule has 1 amide bonds. The highest BCUT2D eigenvalue weighted by Crippen LogP contribution is 2.23. The van der Waals surface area contributed by atoms with E-state index in [2.05, 4.69) is 37.2 Å². The number of amides is 1. The lowest BCUT2D eigenvalue weighted by Crippen LogP contribution is -2.49. The molecule has 0 bridgehead atoms. The van der Waals surface area contributed by atoms with E-state index in [0.29, 0.717) is 38.3 Å². The largest absolute Gasteiger partial charge is 0.352 e. The second kappa shape index (κ2) is 7.58. The van der Waals surface area contributed by atoms with Crippen LogP contribution in [0, 0.1) is 0 Å². The van der Waals surface area contributed by atoms with Gasteiger partial charge in [-0.05, 0) is 5.56 Å². The first-order valence-electron chi connectivity index (χ1n) is 9.92. The molecule has 0 atom stereocenters. The molecule has 1 aromatic carbocycles. The van der Waals surface area contributed by atoms with Crippen molar-refractivity contribution >= 4 is 22.8 Å². The van der Waals surface area contributed by atoms with E-state index in [9.17, 15) is 4.79 Å².